The maximum Gasteiger partial charge on any atom is -0.00436 e. The highest BCUT2D eigenvalue weighted by Crippen LogP contribution is 2.53. The lowest BCUT2D eigenvalue weighted by Gasteiger charge is -2.45. The van der Waals surface area contributed by atoms with Gasteiger partial charge in [-0.05, 0) is 61.8 Å². The standard InChI is InChI=1S/C12H21N/c13-7-12-10-3-8-1-2-9(5-10)6-11(12)4-8/h8-12H,1-7,13H2. The molecule has 4 bridgehead atoms. The predicted molar refractivity (Wildman–Crippen MR) is 54.2 cm³/mol. The zero-order chi connectivity index (χ0) is 8.84. The summed E-state index contributed by atoms with van der Waals surface area (Å²) in [7, 11) is 0. The summed E-state index contributed by atoms with van der Waals surface area (Å²) in [6.45, 7) is 0.967. The van der Waals surface area contributed by atoms with Gasteiger partial charge in [0.05, 0.1) is 0 Å². The molecule has 0 radical (unpaired) electrons. The fraction of sp³-hybridized carbons (Fsp3) is 1.00. The molecule has 0 aromatic heterocycles. The second-order valence-corrected chi connectivity index (χ2v) is 5.67. The summed E-state index contributed by atoms with van der Waals surface area (Å²) in [5.74, 6) is 5.13. The third-order valence-corrected chi connectivity index (χ3v) is 5.01. The quantitative estimate of drug-likeness (QED) is 0.657. The summed E-state index contributed by atoms with van der Waals surface area (Å²) in [6.07, 6.45) is 9.16. The Morgan fingerprint density at radius 2 is 1.31 bits per heavy atom. The van der Waals surface area contributed by atoms with Crippen molar-refractivity contribution in [2.24, 2.45) is 35.3 Å². The average molecular weight is 179 g/mol. The minimum Gasteiger partial charge on any atom is -0.330 e. The molecule has 2 N–H and O–H groups in total. The first-order valence-electron chi connectivity index (χ1n) is 6.07. The van der Waals surface area contributed by atoms with Gasteiger partial charge in [-0.1, -0.05) is 12.8 Å². The van der Waals surface area contributed by atoms with E-state index < -0.39 is 0 Å². The Bertz CT molecular complexity index is 169. The van der Waals surface area contributed by atoms with E-state index in [1.165, 1.54) is 38.5 Å². The minimum absolute atomic E-state index is 0.908. The second-order valence-electron chi connectivity index (χ2n) is 5.67. The van der Waals surface area contributed by atoms with Gasteiger partial charge in [0, 0.05) is 0 Å². The summed E-state index contributed by atoms with van der Waals surface area (Å²) in [5.41, 5.74) is 5.90. The molecule has 4 aliphatic carbocycles. The SMILES string of the molecule is NCC1C2CC3CCC(C2)CC1C3. The van der Waals surface area contributed by atoms with E-state index in [1.807, 2.05) is 0 Å². The maximum atomic E-state index is 5.90. The largest absolute Gasteiger partial charge is 0.330 e. The fourth-order valence-electron chi connectivity index (χ4n) is 4.51. The molecular formula is C12H21N. The van der Waals surface area contributed by atoms with Crippen LogP contribution in [-0.2, 0) is 0 Å². The van der Waals surface area contributed by atoms with Crippen LogP contribution in [0.2, 0.25) is 0 Å². The van der Waals surface area contributed by atoms with Gasteiger partial charge < -0.3 is 5.73 Å². The van der Waals surface area contributed by atoms with E-state index in [9.17, 15) is 0 Å². The van der Waals surface area contributed by atoms with Gasteiger partial charge in [0.2, 0.25) is 0 Å². The highest BCUT2D eigenvalue weighted by molar-refractivity contribution is 4.95. The molecule has 0 aliphatic heterocycles. The van der Waals surface area contributed by atoms with Crippen LogP contribution >= 0.6 is 0 Å². The Balaban J connectivity index is 1.87. The van der Waals surface area contributed by atoms with Crippen molar-refractivity contribution in [1.29, 1.82) is 0 Å². The molecule has 0 heterocycles. The van der Waals surface area contributed by atoms with Crippen LogP contribution in [0.5, 0.6) is 0 Å². The summed E-state index contributed by atoms with van der Waals surface area (Å²) in [6, 6.07) is 0. The van der Waals surface area contributed by atoms with Gasteiger partial charge in [-0.15, -0.1) is 0 Å². The lowest BCUT2D eigenvalue weighted by molar-refractivity contribution is 0.0568. The van der Waals surface area contributed by atoms with Gasteiger partial charge in [-0.25, -0.2) is 0 Å². The molecule has 0 spiro atoms. The van der Waals surface area contributed by atoms with Crippen molar-refractivity contribution in [2.75, 3.05) is 6.54 Å². The molecule has 13 heavy (non-hydrogen) atoms. The van der Waals surface area contributed by atoms with Crippen LogP contribution in [-0.4, -0.2) is 6.54 Å². The highest BCUT2D eigenvalue weighted by Gasteiger charge is 2.44. The van der Waals surface area contributed by atoms with Gasteiger partial charge in [-0.2, -0.15) is 0 Å². The summed E-state index contributed by atoms with van der Waals surface area (Å²) < 4.78 is 0. The Hall–Kier alpha value is -0.0400. The normalized spacial score (nSPS) is 53.8. The van der Waals surface area contributed by atoms with Crippen LogP contribution < -0.4 is 5.73 Å². The van der Waals surface area contributed by atoms with Gasteiger partial charge in [-0.3, -0.25) is 0 Å². The van der Waals surface area contributed by atoms with Crippen molar-refractivity contribution >= 4 is 0 Å². The van der Waals surface area contributed by atoms with E-state index in [0.29, 0.717) is 0 Å². The Morgan fingerprint density at radius 3 is 1.69 bits per heavy atom. The minimum atomic E-state index is 0.908. The Kier molecular flexibility index (Phi) is 1.90. The first-order chi connectivity index (χ1) is 6.36. The number of fused-ring (bicyclic) bond motifs is 1. The third-order valence-electron chi connectivity index (χ3n) is 5.01. The summed E-state index contributed by atoms with van der Waals surface area (Å²) in [4.78, 5) is 0. The van der Waals surface area contributed by atoms with E-state index >= 15 is 0 Å². The van der Waals surface area contributed by atoms with Crippen LogP contribution in [0, 0.1) is 29.6 Å². The molecule has 4 fully saturated rings. The van der Waals surface area contributed by atoms with Crippen molar-refractivity contribution in [1.82, 2.24) is 0 Å². The van der Waals surface area contributed by atoms with Crippen molar-refractivity contribution in [3.8, 4) is 0 Å². The van der Waals surface area contributed by atoms with Crippen LogP contribution in [0.15, 0.2) is 0 Å². The Labute approximate surface area is 81.1 Å². The van der Waals surface area contributed by atoms with Crippen molar-refractivity contribution in [2.45, 2.75) is 38.5 Å². The Morgan fingerprint density at radius 1 is 0.846 bits per heavy atom. The number of hydrogen-bond acceptors (Lipinski definition) is 1. The van der Waals surface area contributed by atoms with Gasteiger partial charge >= 0.3 is 0 Å². The first-order valence-corrected chi connectivity index (χ1v) is 6.07. The van der Waals surface area contributed by atoms with E-state index in [4.69, 9.17) is 5.73 Å². The average Bonchev–Trinajstić information content (AvgIpc) is 2.35. The lowest BCUT2D eigenvalue weighted by Crippen LogP contribution is -2.40. The van der Waals surface area contributed by atoms with E-state index in [1.54, 1.807) is 0 Å². The van der Waals surface area contributed by atoms with Crippen molar-refractivity contribution in [3.63, 3.8) is 0 Å². The van der Waals surface area contributed by atoms with Crippen LogP contribution in [0.4, 0.5) is 0 Å². The summed E-state index contributed by atoms with van der Waals surface area (Å²) >= 11 is 0. The molecule has 1 heteroatoms. The lowest BCUT2D eigenvalue weighted by atomic mass is 9.61. The topological polar surface area (TPSA) is 26.0 Å². The van der Waals surface area contributed by atoms with Crippen molar-refractivity contribution in [3.05, 3.63) is 0 Å². The predicted octanol–water partition coefficient (Wildman–Crippen LogP) is 2.41. The molecule has 74 valence electrons. The fourth-order valence-corrected chi connectivity index (χ4v) is 4.51. The second kappa shape index (κ2) is 2.98. The molecule has 4 aliphatic rings. The zero-order valence-electron chi connectivity index (χ0n) is 8.41. The van der Waals surface area contributed by atoms with Gasteiger partial charge in [0.15, 0.2) is 0 Å². The smallest absolute Gasteiger partial charge is 0.00436 e. The van der Waals surface area contributed by atoms with E-state index in [2.05, 4.69) is 0 Å². The van der Waals surface area contributed by atoms with Gasteiger partial charge in [0.25, 0.3) is 0 Å². The van der Waals surface area contributed by atoms with Crippen LogP contribution in [0.1, 0.15) is 38.5 Å². The first kappa shape index (κ1) is 8.28. The highest BCUT2D eigenvalue weighted by atomic mass is 14.6. The van der Waals surface area contributed by atoms with E-state index in [-0.39, 0.29) is 0 Å². The zero-order valence-corrected chi connectivity index (χ0v) is 8.41. The molecule has 0 unspecified atom stereocenters. The number of rotatable bonds is 1. The summed E-state index contributed by atoms with van der Waals surface area (Å²) in [5, 5.41) is 0. The van der Waals surface area contributed by atoms with Crippen LogP contribution in [0.25, 0.3) is 0 Å². The molecule has 0 aromatic rings. The monoisotopic (exact) mass is 179 g/mol. The molecule has 0 saturated heterocycles. The molecule has 0 amide bonds. The van der Waals surface area contributed by atoms with E-state index in [0.717, 1.165) is 36.1 Å². The molecule has 0 atom stereocenters. The molecule has 1 nitrogen and oxygen atoms in total. The molecule has 4 saturated carbocycles. The van der Waals surface area contributed by atoms with Gasteiger partial charge in [0.1, 0.15) is 0 Å². The molecular weight excluding hydrogens is 158 g/mol. The molecule has 0 aromatic carbocycles. The molecule has 4 rings (SSSR count). The van der Waals surface area contributed by atoms with Crippen molar-refractivity contribution < 1.29 is 0 Å². The number of hydrogen-bond donors (Lipinski definition) is 1. The third kappa shape index (κ3) is 1.24. The maximum absolute atomic E-state index is 5.90. The van der Waals surface area contributed by atoms with Crippen LogP contribution in [0.3, 0.4) is 0 Å². The number of nitrogens with two attached hydrogens (primary N) is 1.